The molecule has 0 aliphatic heterocycles. The molecule has 1 heterocycles. The van der Waals surface area contributed by atoms with Crippen molar-refractivity contribution in [3.8, 4) is 11.4 Å². The molecular formula is C11H10N2O3. The fraction of sp³-hybridized carbons (Fsp3) is 0.0909. The Morgan fingerprint density at radius 3 is 2.81 bits per heavy atom. The quantitative estimate of drug-likeness (QED) is 0.849. The van der Waals surface area contributed by atoms with Gasteiger partial charge in [-0.15, -0.1) is 0 Å². The van der Waals surface area contributed by atoms with E-state index in [4.69, 9.17) is 9.84 Å². The molecule has 0 spiro atoms. The lowest BCUT2D eigenvalue weighted by Crippen LogP contribution is -2.01. The number of aromatic nitrogens is 2. The van der Waals surface area contributed by atoms with Crippen molar-refractivity contribution in [3.63, 3.8) is 0 Å². The summed E-state index contributed by atoms with van der Waals surface area (Å²) >= 11 is 0. The molecule has 1 N–H and O–H groups in total. The molecule has 0 unspecified atom stereocenters. The second-order valence-electron chi connectivity index (χ2n) is 3.18. The van der Waals surface area contributed by atoms with Crippen molar-refractivity contribution >= 4 is 5.97 Å². The minimum atomic E-state index is -0.993. The van der Waals surface area contributed by atoms with E-state index in [1.807, 2.05) is 0 Å². The van der Waals surface area contributed by atoms with E-state index in [1.165, 1.54) is 19.2 Å². The van der Waals surface area contributed by atoms with Gasteiger partial charge in [0.25, 0.3) is 0 Å². The van der Waals surface area contributed by atoms with E-state index in [0.717, 1.165) is 0 Å². The Labute approximate surface area is 91.9 Å². The van der Waals surface area contributed by atoms with Crippen LogP contribution in [0.3, 0.4) is 0 Å². The third kappa shape index (κ3) is 1.88. The molecule has 0 saturated carbocycles. The van der Waals surface area contributed by atoms with Gasteiger partial charge in [-0.3, -0.25) is 0 Å². The van der Waals surface area contributed by atoms with Crippen LogP contribution in [0.2, 0.25) is 0 Å². The van der Waals surface area contributed by atoms with Crippen LogP contribution in [0.1, 0.15) is 10.4 Å². The number of aromatic carboxylic acids is 1. The maximum Gasteiger partial charge on any atom is 0.335 e. The molecule has 0 fully saturated rings. The Morgan fingerprint density at radius 2 is 2.25 bits per heavy atom. The molecule has 2 rings (SSSR count). The fourth-order valence-corrected chi connectivity index (χ4v) is 1.38. The number of hydrogen-bond donors (Lipinski definition) is 1. The Kier molecular flexibility index (Phi) is 2.59. The molecule has 1 aromatic heterocycles. The molecule has 0 bridgehead atoms. The maximum atomic E-state index is 10.9. The molecule has 82 valence electrons. The Hall–Kier alpha value is -2.30. The standard InChI is InChI=1S/C11H10N2O3/c1-16-10-6-8(11(14)15)5-9(7-10)13-4-2-3-12-13/h2-7H,1H3,(H,14,15). The van der Waals surface area contributed by atoms with Gasteiger partial charge in [0.1, 0.15) is 5.75 Å². The predicted octanol–water partition coefficient (Wildman–Crippen LogP) is 1.58. The number of methoxy groups -OCH3 is 1. The van der Waals surface area contributed by atoms with Crippen LogP contribution < -0.4 is 4.74 Å². The molecule has 0 atom stereocenters. The second kappa shape index (κ2) is 4.06. The Morgan fingerprint density at radius 1 is 1.44 bits per heavy atom. The van der Waals surface area contributed by atoms with Gasteiger partial charge in [0.05, 0.1) is 18.4 Å². The van der Waals surface area contributed by atoms with Crippen LogP contribution in [0, 0.1) is 0 Å². The van der Waals surface area contributed by atoms with Crippen molar-refractivity contribution in [2.75, 3.05) is 7.11 Å². The highest BCUT2D eigenvalue weighted by atomic mass is 16.5. The average Bonchev–Trinajstić information content (AvgIpc) is 2.81. The van der Waals surface area contributed by atoms with E-state index < -0.39 is 5.97 Å². The highest BCUT2D eigenvalue weighted by Crippen LogP contribution is 2.19. The van der Waals surface area contributed by atoms with Crippen LogP contribution in [0.15, 0.2) is 36.7 Å². The normalized spacial score (nSPS) is 10.1. The minimum Gasteiger partial charge on any atom is -0.497 e. The molecule has 0 aliphatic carbocycles. The van der Waals surface area contributed by atoms with Crippen LogP contribution in [0.5, 0.6) is 5.75 Å². The summed E-state index contributed by atoms with van der Waals surface area (Å²) in [6, 6.07) is 6.49. The van der Waals surface area contributed by atoms with E-state index in [1.54, 1.807) is 29.2 Å². The summed E-state index contributed by atoms with van der Waals surface area (Å²) in [6.45, 7) is 0. The Balaban J connectivity index is 2.53. The molecular weight excluding hydrogens is 208 g/mol. The molecule has 0 saturated heterocycles. The molecule has 0 radical (unpaired) electrons. The van der Waals surface area contributed by atoms with Crippen LogP contribution in [-0.2, 0) is 0 Å². The van der Waals surface area contributed by atoms with E-state index in [2.05, 4.69) is 5.10 Å². The van der Waals surface area contributed by atoms with Crippen molar-refractivity contribution in [1.29, 1.82) is 0 Å². The Bertz CT molecular complexity index is 506. The summed E-state index contributed by atoms with van der Waals surface area (Å²) in [7, 11) is 1.49. The van der Waals surface area contributed by atoms with Gasteiger partial charge in [-0.1, -0.05) is 0 Å². The minimum absolute atomic E-state index is 0.171. The van der Waals surface area contributed by atoms with E-state index in [-0.39, 0.29) is 5.56 Å². The zero-order valence-electron chi connectivity index (χ0n) is 8.62. The predicted molar refractivity (Wildman–Crippen MR) is 57.1 cm³/mol. The number of benzene rings is 1. The first-order valence-electron chi connectivity index (χ1n) is 4.63. The van der Waals surface area contributed by atoms with Gasteiger partial charge >= 0.3 is 5.97 Å². The molecule has 16 heavy (non-hydrogen) atoms. The van der Waals surface area contributed by atoms with Gasteiger partial charge in [-0.05, 0) is 18.2 Å². The van der Waals surface area contributed by atoms with Crippen molar-refractivity contribution < 1.29 is 14.6 Å². The van der Waals surface area contributed by atoms with Crippen molar-refractivity contribution in [1.82, 2.24) is 9.78 Å². The zero-order chi connectivity index (χ0) is 11.5. The topological polar surface area (TPSA) is 64.3 Å². The molecule has 1 aromatic carbocycles. The van der Waals surface area contributed by atoms with Gasteiger partial charge in [0.15, 0.2) is 0 Å². The smallest absolute Gasteiger partial charge is 0.335 e. The van der Waals surface area contributed by atoms with Crippen molar-refractivity contribution in [2.24, 2.45) is 0 Å². The van der Waals surface area contributed by atoms with Gasteiger partial charge in [0.2, 0.25) is 0 Å². The van der Waals surface area contributed by atoms with Gasteiger partial charge in [-0.25, -0.2) is 9.48 Å². The summed E-state index contributed by atoms with van der Waals surface area (Å²) < 4.78 is 6.62. The first-order valence-corrected chi connectivity index (χ1v) is 4.63. The van der Waals surface area contributed by atoms with E-state index in [9.17, 15) is 4.79 Å². The maximum absolute atomic E-state index is 10.9. The lowest BCUT2D eigenvalue weighted by molar-refractivity contribution is 0.0696. The monoisotopic (exact) mass is 218 g/mol. The zero-order valence-corrected chi connectivity index (χ0v) is 8.62. The third-order valence-electron chi connectivity index (χ3n) is 2.14. The van der Waals surface area contributed by atoms with Crippen LogP contribution in [0.4, 0.5) is 0 Å². The van der Waals surface area contributed by atoms with Crippen LogP contribution in [-0.4, -0.2) is 28.0 Å². The highest BCUT2D eigenvalue weighted by molar-refractivity contribution is 5.88. The number of nitrogens with zero attached hydrogens (tertiary/aromatic N) is 2. The highest BCUT2D eigenvalue weighted by Gasteiger charge is 2.08. The summed E-state index contributed by atoms with van der Waals surface area (Å²) in [5.41, 5.74) is 0.826. The van der Waals surface area contributed by atoms with Gasteiger partial charge in [0, 0.05) is 18.5 Å². The third-order valence-corrected chi connectivity index (χ3v) is 2.14. The number of ether oxygens (including phenoxy) is 1. The largest absolute Gasteiger partial charge is 0.497 e. The lowest BCUT2D eigenvalue weighted by atomic mass is 10.2. The lowest BCUT2D eigenvalue weighted by Gasteiger charge is -2.06. The number of rotatable bonds is 3. The molecule has 0 amide bonds. The first kappa shape index (κ1) is 10.2. The molecule has 2 aromatic rings. The number of carbonyl (C=O) groups is 1. The van der Waals surface area contributed by atoms with Gasteiger partial charge < -0.3 is 9.84 Å². The second-order valence-corrected chi connectivity index (χ2v) is 3.18. The average molecular weight is 218 g/mol. The van der Waals surface area contributed by atoms with Crippen LogP contribution in [0.25, 0.3) is 5.69 Å². The summed E-state index contributed by atoms with van der Waals surface area (Å²) in [6.07, 6.45) is 3.36. The molecule has 5 heteroatoms. The van der Waals surface area contributed by atoms with Crippen molar-refractivity contribution in [2.45, 2.75) is 0 Å². The van der Waals surface area contributed by atoms with Gasteiger partial charge in [-0.2, -0.15) is 5.10 Å². The van der Waals surface area contributed by atoms with E-state index >= 15 is 0 Å². The molecule has 5 nitrogen and oxygen atoms in total. The fourth-order valence-electron chi connectivity index (χ4n) is 1.38. The number of carboxylic acids is 1. The summed E-state index contributed by atoms with van der Waals surface area (Å²) in [5, 5.41) is 13.0. The molecule has 0 aliphatic rings. The summed E-state index contributed by atoms with van der Waals surface area (Å²) in [4.78, 5) is 10.9. The van der Waals surface area contributed by atoms with Crippen LogP contribution >= 0.6 is 0 Å². The first-order chi connectivity index (χ1) is 7.70. The SMILES string of the molecule is COc1cc(C(=O)O)cc(-n2cccn2)c1. The summed E-state index contributed by atoms with van der Waals surface area (Å²) in [5.74, 6) is -0.502. The van der Waals surface area contributed by atoms with Crippen molar-refractivity contribution in [3.05, 3.63) is 42.2 Å². The van der Waals surface area contributed by atoms with E-state index in [0.29, 0.717) is 11.4 Å². The number of carboxylic acid groups (broad SMARTS) is 1. The number of hydrogen-bond acceptors (Lipinski definition) is 3.